The van der Waals surface area contributed by atoms with Gasteiger partial charge in [0.25, 0.3) is 0 Å². The van der Waals surface area contributed by atoms with Gasteiger partial charge in [-0.2, -0.15) is 4.31 Å². The highest BCUT2D eigenvalue weighted by molar-refractivity contribution is 7.89. The molecule has 0 aromatic rings. The summed E-state index contributed by atoms with van der Waals surface area (Å²) in [5, 5.41) is 0. The Hall–Kier alpha value is -0.210. The second kappa shape index (κ2) is 8.43. The minimum absolute atomic E-state index is 0.192. The van der Waals surface area contributed by atoms with E-state index in [4.69, 9.17) is 9.47 Å². The molecule has 0 aromatic heterocycles. The van der Waals surface area contributed by atoms with Gasteiger partial charge in [-0.1, -0.05) is 0 Å². The van der Waals surface area contributed by atoms with Crippen molar-refractivity contribution in [1.29, 1.82) is 0 Å². The van der Waals surface area contributed by atoms with Crippen molar-refractivity contribution in [1.82, 2.24) is 9.21 Å². The van der Waals surface area contributed by atoms with E-state index in [1.165, 1.54) is 6.42 Å². The number of rotatable bonds is 7. The summed E-state index contributed by atoms with van der Waals surface area (Å²) in [6.45, 7) is 6.18. The van der Waals surface area contributed by atoms with Gasteiger partial charge < -0.3 is 14.4 Å². The molecule has 0 aliphatic carbocycles. The van der Waals surface area contributed by atoms with E-state index in [2.05, 4.69) is 4.90 Å². The smallest absolute Gasteiger partial charge is 0.214 e. The first-order valence-electron chi connectivity index (χ1n) is 7.88. The highest BCUT2D eigenvalue weighted by Gasteiger charge is 2.27. The first-order valence-corrected chi connectivity index (χ1v) is 9.49. The zero-order chi connectivity index (χ0) is 15.1. The van der Waals surface area contributed by atoms with Crippen LogP contribution in [0.3, 0.4) is 0 Å². The number of piperazine rings is 1. The second-order valence-corrected chi connectivity index (χ2v) is 8.03. The van der Waals surface area contributed by atoms with Gasteiger partial charge in [0.1, 0.15) is 0 Å². The monoisotopic (exact) mass is 320 g/mol. The summed E-state index contributed by atoms with van der Waals surface area (Å²) < 4.78 is 36.4. The lowest BCUT2D eigenvalue weighted by Crippen LogP contribution is -2.50. The Labute approximate surface area is 128 Å². The average molecular weight is 320 g/mol. The molecule has 7 heteroatoms. The SMILES string of the molecule is COCCCS(=O)(=O)N1CCN(CC2CCCOC2)CC1. The number of sulfonamides is 1. The topological polar surface area (TPSA) is 59.1 Å². The van der Waals surface area contributed by atoms with Crippen molar-refractivity contribution < 1.29 is 17.9 Å². The van der Waals surface area contributed by atoms with Crippen LogP contribution in [0.5, 0.6) is 0 Å². The molecule has 2 aliphatic rings. The Bertz CT molecular complexity index is 388. The van der Waals surface area contributed by atoms with Gasteiger partial charge >= 0.3 is 0 Å². The maximum absolute atomic E-state index is 12.2. The van der Waals surface area contributed by atoms with E-state index >= 15 is 0 Å². The van der Waals surface area contributed by atoms with Crippen LogP contribution in [0.25, 0.3) is 0 Å². The fourth-order valence-electron chi connectivity index (χ4n) is 3.02. The lowest BCUT2D eigenvalue weighted by atomic mass is 10.0. The van der Waals surface area contributed by atoms with Gasteiger partial charge in [-0.05, 0) is 25.2 Å². The number of hydrogen-bond donors (Lipinski definition) is 0. The highest BCUT2D eigenvalue weighted by Crippen LogP contribution is 2.17. The van der Waals surface area contributed by atoms with Crippen molar-refractivity contribution in [3.05, 3.63) is 0 Å². The van der Waals surface area contributed by atoms with Crippen LogP contribution in [-0.2, 0) is 19.5 Å². The van der Waals surface area contributed by atoms with E-state index < -0.39 is 10.0 Å². The van der Waals surface area contributed by atoms with Crippen molar-refractivity contribution in [2.75, 3.05) is 65.4 Å². The molecule has 0 bridgehead atoms. The van der Waals surface area contributed by atoms with Crippen LogP contribution in [0.15, 0.2) is 0 Å². The minimum atomic E-state index is -3.11. The molecule has 0 amide bonds. The van der Waals surface area contributed by atoms with Gasteiger partial charge in [-0.15, -0.1) is 0 Å². The summed E-state index contributed by atoms with van der Waals surface area (Å²) in [5.41, 5.74) is 0. The van der Waals surface area contributed by atoms with E-state index in [-0.39, 0.29) is 5.75 Å². The fraction of sp³-hybridized carbons (Fsp3) is 1.00. The maximum atomic E-state index is 12.2. The summed E-state index contributed by atoms with van der Waals surface area (Å²) in [7, 11) is -1.51. The molecule has 124 valence electrons. The minimum Gasteiger partial charge on any atom is -0.385 e. The molecule has 21 heavy (non-hydrogen) atoms. The van der Waals surface area contributed by atoms with Crippen LogP contribution in [0.2, 0.25) is 0 Å². The molecule has 2 fully saturated rings. The quantitative estimate of drug-likeness (QED) is 0.636. The molecule has 0 N–H and O–H groups in total. The predicted octanol–water partition coefficient (Wildman–Crippen LogP) is 0.397. The molecule has 6 nitrogen and oxygen atoms in total. The molecule has 1 unspecified atom stereocenters. The molecular formula is C14H28N2O4S. The number of nitrogens with zero attached hydrogens (tertiary/aromatic N) is 2. The molecule has 2 rings (SSSR count). The third kappa shape index (κ3) is 5.49. The van der Waals surface area contributed by atoms with Crippen molar-refractivity contribution in [2.24, 2.45) is 5.92 Å². The highest BCUT2D eigenvalue weighted by atomic mass is 32.2. The largest absolute Gasteiger partial charge is 0.385 e. The number of ether oxygens (including phenoxy) is 2. The van der Waals surface area contributed by atoms with Gasteiger partial charge in [-0.3, -0.25) is 0 Å². The maximum Gasteiger partial charge on any atom is 0.214 e. The van der Waals surface area contributed by atoms with Crippen molar-refractivity contribution in [3.8, 4) is 0 Å². The van der Waals surface area contributed by atoms with Crippen molar-refractivity contribution in [2.45, 2.75) is 19.3 Å². The summed E-state index contributed by atoms with van der Waals surface area (Å²) in [6.07, 6.45) is 2.95. The van der Waals surface area contributed by atoms with Crippen LogP contribution in [0.1, 0.15) is 19.3 Å². The summed E-state index contributed by atoms with van der Waals surface area (Å²) in [4.78, 5) is 2.38. The van der Waals surface area contributed by atoms with E-state index in [1.807, 2.05) is 0 Å². The number of hydrogen-bond acceptors (Lipinski definition) is 5. The van der Waals surface area contributed by atoms with Crippen LogP contribution in [0, 0.1) is 5.92 Å². The van der Waals surface area contributed by atoms with E-state index in [0.29, 0.717) is 32.0 Å². The molecular weight excluding hydrogens is 292 g/mol. The average Bonchev–Trinajstić information content (AvgIpc) is 2.49. The molecule has 0 spiro atoms. The van der Waals surface area contributed by atoms with Crippen molar-refractivity contribution in [3.63, 3.8) is 0 Å². The van der Waals surface area contributed by atoms with Gasteiger partial charge in [0, 0.05) is 53.0 Å². The van der Waals surface area contributed by atoms with Crippen LogP contribution in [-0.4, -0.2) is 83.0 Å². The Morgan fingerprint density at radius 1 is 1.24 bits per heavy atom. The van der Waals surface area contributed by atoms with Gasteiger partial charge in [0.15, 0.2) is 0 Å². The summed E-state index contributed by atoms with van der Waals surface area (Å²) >= 11 is 0. The van der Waals surface area contributed by atoms with Crippen LogP contribution >= 0.6 is 0 Å². The Morgan fingerprint density at radius 2 is 2.00 bits per heavy atom. The molecule has 2 aliphatic heterocycles. The standard InChI is InChI=1S/C14H28N2O4S/c1-19-9-3-11-21(17,18)16-7-5-15(6-8-16)12-14-4-2-10-20-13-14/h14H,2-13H2,1H3. The normalized spacial score (nSPS) is 26.0. The lowest BCUT2D eigenvalue weighted by Gasteiger charge is -2.36. The predicted molar refractivity (Wildman–Crippen MR) is 81.8 cm³/mol. The third-order valence-corrected chi connectivity index (χ3v) is 6.20. The lowest BCUT2D eigenvalue weighted by molar-refractivity contribution is 0.0335. The zero-order valence-electron chi connectivity index (χ0n) is 13.0. The molecule has 1 atom stereocenters. The number of methoxy groups -OCH3 is 1. The fourth-order valence-corrected chi connectivity index (χ4v) is 4.48. The van der Waals surface area contributed by atoms with E-state index in [9.17, 15) is 8.42 Å². The summed E-state index contributed by atoms with van der Waals surface area (Å²) in [6, 6.07) is 0. The Morgan fingerprint density at radius 3 is 2.62 bits per heavy atom. The second-order valence-electron chi connectivity index (χ2n) is 5.95. The first-order chi connectivity index (χ1) is 10.1. The molecule has 0 aromatic carbocycles. The Balaban J connectivity index is 1.71. The molecule has 2 heterocycles. The van der Waals surface area contributed by atoms with Gasteiger partial charge in [-0.25, -0.2) is 8.42 Å². The van der Waals surface area contributed by atoms with E-state index in [1.54, 1.807) is 11.4 Å². The molecule has 0 radical (unpaired) electrons. The van der Waals surface area contributed by atoms with E-state index in [0.717, 1.165) is 39.3 Å². The molecule has 2 saturated heterocycles. The first kappa shape index (κ1) is 17.1. The molecule has 0 saturated carbocycles. The zero-order valence-corrected chi connectivity index (χ0v) is 13.8. The van der Waals surface area contributed by atoms with Gasteiger partial charge in [0.05, 0.1) is 12.4 Å². The van der Waals surface area contributed by atoms with Gasteiger partial charge in [0.2, 0.25) is 10.0 Å². The Kier molecular flexibility index (Phi) is 6.88. The van der Waals surface area contributed by atoms with Crippen molar-refractivity contribution >= 4 is 10.0 Å². The van der Waals surface area contributed by atoms with Crippen LogP contribution < -0.4 is 0 Å². The third-order valence-electron chi connectivity index (χ3n) is 4.25. The summed E-state index contributed by atoms with van der Waals surface area (Å²) in [5.74, 6) is 0.806. The van der Waals surface area contributed by atoms with Crippen LogP contribution in [0.4, 0.5) is 0 Å².